The number of aryl methyl sites for hydroxylation is 2. The molecule has 1 unspecified atom stereocenters. The molecule has 1 heterocycles. The van der Waals surface area contributed by atoms with Crippen LogP contribution in [0, 0.1) is 19.8 Å². The van der Waals surface area contributed by atoms with Gasteiger partial charge in [0.2, 0.25) is 0 Å². The molecule has 0 aliphatic rings. The minimum absolute atomic E-state index is 0. The summed E-state index contributed by atoms with van der Waals surface area (Å²) in [7, 11) is 3.81. The maximum absolute atomic E-state index is 4.47. The maximum Gasteiger partial charge on any atom is 0.191 e. The Morgan fingerprint density at radius 1 is 1.27 bits per heavy atom. The van der Waals surface area contributed by atoms with Crippen molar-refractivity contribution in [3.05, 3.63) is 17.0 Å². The van der Waals surface area contributed by atoms with Gasteiger partial charge in [0, 0.05) is 32.4 Å². The summed E-state index contributed by atoms with van der Waals surface area (Å²) >= 11 is 0. The van der Waals surface area contributed by atoms with Crippen LogP contribution in [0.2, 0.25) is 0 Å². The first-order chi connectivity index (χ1) is 9.85. The fraction of sp³-hybridized carbons (Fsp3) is 0.750. The molecule has 1 aromatic rings. The van der Waals surface area contributed by atoms with E-state index in [0.717, 1.165) is 31.0 Å². The van der Waals surface area contributed by atoms with Crippen molar-refractivity contribution in [2.45, 2.75) is 53.5 Å². The van der Waals surface area contributed by atoms with E-state index in [1.807, 2.05) is 18.8 Å². The molecule has 0 fully saturated rings. The Morgan fingerprint density at radius 3 is 2.36 bits per heavy atom. The van der Waals surface area contributed by atoms with Crippen LogP contribution in [0.4, 0.5) is 0 Å². The van der Waals surface area contributed by atoms with Gasteiger partial charge in [-0.25, -0.2) is 0 Å². The molecule has 6 heteroatoms. The number of aliphatic imine (C=N–C) groups is 1. The largest absolute Gasteiger partial charge is 0.356 e. The molecule has 128 valence electrons. The average molecular weight is 421 g/mol. The number of aromatic nitrogens is 2. The van der Waals surface area contributed by atoms with E-state index in [0.29, 0.717) is 12.0 Å². The van der Waals surface area contributed by atoms with E-state index in [9.17, 15) is 0 Å². The Bertz CT molecular complexity index is 479. The summed E-state index contributed by atoms with van der Waals surface area (Å²) in [5.74, 6) is 1.58. The van der Waals surface area contributed by atoms with Crippen LogP contribution in [0.25, 0.3) is 0 Å². The molecule has 22 heavy (non-hydrogen) atoms. The summed E-state index contributed by atoms with van der Waals surface area (Å²) in [4.78, 5) is 4.29. The maximum atomic E-state index is 4.47. The van der Waals surface area contributed by atoms with Crippen molar-refractivity contribution in [2.24, 2.45) is 18.0 Å². The van der Waals surface area contributed by atoms with Gasteiger partial charge in [0.05, 0.1) is 5.69 Å². The Balaban J connectivity index is 0.00000441. The number of rotatable bonds is 6. The summed E-state index contributed by atoms with van der Waals surface area (Å²) < 4.78 is 1.95. The zero-order valence-electron chi connectivity index (χ0n) is 15.0. The third-order valence-electron chi connectivity index (χ3n) is 3.79. The SMILES string of the molecule is CN=C(NCCC(C)C)NC(C)Cc1c(C)nn(C)c1C.I. The monoisotopic (exact) mass is 421 g/mol. The van der Waals surface area contributed by atoms with Crippen LogP contribution in [0.1, 0.15) is 44.1 Å². The second-order valence-corrected chi connectivity index (χ2v) is 6.20. The highest BCUT2D eigenvalue weighted by atomic mass is 127. The molecule has 1 atom stereocenters. The number of nitrogens with one attached hydrogen (secondary N) is 2. The first-order valence-electron chi connectivity index (χ1n) is 7.81. The molecule has 0 saturated carbocycles. The van der Waals surface area contributed by atoms with Crippen LogP contribution in [0.5, 0.6) is 0 Å². The van der Waals surface area contributed by atoms with Gasteiger partial charge in [-0.1, -0.05) is 13.8 Å². The number of guanidine groups is 1. The quantitative estimate of drug-likeness (QED) is 0.422. The Labute approximate surface area is 152 Å². The van der Waals surface area contributed by atoms with Gasteiger partial charge in [-0.3, -0.25) is 9.67 Å². The second kappa shape index (κ2) is 10.1. The van der Waals surface area contributed by atoms with Crippen LogP contribution in [0.3, 0.4) is 0 Å². The zero-order valence-corrected chi connectivity index (χ0v) is 17.4. The van der Waals surface area contributed by atoms with Gasteiger partial charge < -0.3 is 10.6 Å². The molecule has 0 aromatic carbocycles. The van der Waals surface area contributed by atoms with Crippen LogP contribution < -0.4 is 10.6 Å². The fourth-order valence-electron chi connectivity index (χ4n) is 2.38. The van der Waals surface area contributed by atoms with Crippen LogP contribution >= 0.6 is 24.0 Å². The second-order valence-electron chi connectivity index (χ2n) is 6.20. The highest BCUT2D eigenvalue weighted by Gasteiger charge is 2.13. The van der Waals surface area contributed by atoms with Gasteiger partial charge in [0.1, 0.15) is 0 Å². The van der Waals surface area contributed by atoms with Crippen molar-refractivity contribution >= 4 is 29.9 Å². The van der Waals surface area contributed by atoms with Gasteiger partial charge in [0.15, 0.2) is 5.96 Å². The smallest absolute Gasteiger partial charge is 0.191 e. The Kier molecular flexibility index (Phi) is 9.71. The normalized spacial score (nSPS) is 13.0. The number of hydrogen-bond donors (Lipinski definition) is 2. The average Bonchev–Trinajstić information content (AvgIpc) is 2.64. The molecular formula is C16H32IN5. The Hall–Kier alpha value is -0.790. The molecule has 1 aromatic heterocycles. The first kappa shape index (κ1) is 21.2. The summed E-state index contributed by atoms with van der Waals surface area (Å²) in [5.41, 5.74) is 3.69. The van der Waals surface area contributed by atoms with Crippen LogP contribution in [-0.4, -0.2) is 35.4 Å². The predicted octanol–water partition coefficient (Wildman–Crippen LogP) is 2.80. The molecule has 1 rings (SSSR count). The number of nitrogens with zero attached hydrogens (tertiary/aromatic N) is 3. The molecule has 2 N–H and O–H groups in total. The molecule has 0 aliphatic carbocycles. The van der Waals surface area contributed by atoms with E-state index in [2.05, 4.69) is 55.3 Å². The van der Waals surface area contributed by atoms with Crippen LogP contribution in [0.15, 0.2) is 4.99 Å². The van der Waals surface area contributed by atoms with Gasteiger partial charge in [-0.15, -0.1) is 24.0 Å². The molecule has 5 nitrogen and oxygen atoms in total. The van der Waals surface area contributed by atoms with Crippen molar-refractivity contribution in [1.29, 1.82) is 0 Å². The molecule has 0 saturated heterocycles. The molecule has 0 radical (unpaired) electrons. The van der Waals surface area contributed by atoms with Crippen molar-refractivity contribution in [3.8, 4) is 0 Å². The lowest BCUT2D eigenvalue weighted by molar-refractivity contribution is 0.566. The lowest BCUT2D eigenvalue weighted by Gasteiger charge is -2.18. The fourth-order valence-corrected chi connectivity index (χ4v) is 2.38. The van der Waals surface area contributed by atoms with Crippen molar-refractivity contribution in [2.75, 3.05) is 13.6 Å². The van der Waals surface area contributed by atoms with Gasteiger partial charge >= 0.3 is 0 Å². The lowest BCUT2D eigenvalue weighted by Crippen LogP contribution is -2.43. The van der Waals surface area contributed by atoms with Crippen LogP contribution in [-0.2, 0) is 13.5 Å². The van der Waals surface area contributed by atoms with Crippen molar-refractivity contribution in [3.63, 3.8) is 0 Å². The molecule has 0 spiro atoms. The van der Waals surface area contributed by atoms with E-state index in [1.54, 1.807) is 0 Å². The summed E-state index contributed by atoms with van der Waals surface area (Å²) in [5, 5.41) is 11.3. The summed E-state index contributed by atoms with van der Waals surface area (Å²) in [6, 6.07) is 0.317. The number of hydrogen-bond acceptors (Lipinski definition) is 2. The molecular weight excluding hydrogens is 389 g/mol. The highest BCUT2D eigenvalue weighted by Crippen LogP contribution is 2.14. The summed E-state index contributed by atoms with van der Waals surface area (Å²) in [6.45, 7) is 11.8. The highest BCUT2D eigenvalue weighted by molar-refractivity contribution is 14.0. The third kappa shape index (κ3) is 6.54. The van der Waals surface area contributed by atoms with E-state index in [-0.39, 0.29) is 24.0 Å². The molecule has 0 aliphatic heterocycles. The van der Waals surface area contributed by atoms with Gasteiger partial charge in [-0.2, -0.15) is 5.10 Å². The predicted molar refractivity (Wildman–Crippen MR) is 105 cm³/mol. The van der Waals surface area contributed by atoms with E-state index >= 15 is 0 Å². The molecule has 0 amide bonds. The van der Waals surface area contributed by atoms with E-state index in [4.69, 9.17) is 0 Å². The summed E-state index contributed by atoms with van der Waals surface area (Å²) in [6.07, 6.45) is 2.10. The van der Waals surface area contributed by atoms with Crippen molar-refractivity contribution < 1.29 is 0 Å². The van der Waals surface area contributed by atoms with E-state index < -0.39 is 0 Å². The third-order valence-corrected chi connectivity index (χ3v) is 3.79. The standard InChI is InChI=1S/C16H31N5.HI/c1-11(2)8-9-18-16(17-6)19-12(3)10-15-13(4)20-21(7)14(15)5;/h11-12H,8-10H2,1-7H3,(H2,17,18,19);1H. The van der Waals surface area contributed by atoms with Gasteiger partial charge in [0.25, 0.3) is 0 Å². The number of halogens is 1. The van der Waals surface area contributed by atoms with Gasteiger partial charge in [-0.05, 0) is 45.1 Å². The first-order valence-corrected chi connectivity index (χ1v) is 7.81. The zero-order chi connectivity index (χ0) is 16.0. The molecule has 0 bridgehead atoms. The van der Waals surface area contributed by atoms with E-state index in [1.165, 1.54) is 11.3 Å². The topological polar surface area (TPSA) is 54.2 Å². The minimum atomic E-state index is 0. The van der Waals surface area contributed by atoms with Crippen molar-refractivity contribution in [1.82, 2.24) is 20.4 Å². The Morgan fingerprint density at radius 2 is 1.91 bits per heavy atom. The minimum Gasteiger partial charge on any atom is -0.356 e. The lowest BCUT2D eigenvalue weighted by atomic mass is 10.1.